The van der Waals surface area contributed by atoms with Gasteiger partial charge in [0, 0.05) is 12.1 Å². The quantitative estimate of drug-likeness (QED) is 0.101. The van der Waals surface area contributed by atoms with E-state index in [0.717, 1.165) is 44.2 Å². The van der Waals surface area contributed by atoms with Crippen molar-refractivity contribution in [3.8, 4) is 16.9 Å². The average molecular weight is 516 g/mol. The Morgan fingerprint density at radius 2 is 1.78 bits per heavy atom. The number of fused-ring (bicyclic) bond motifs is 3. The number of Topliss-reactive ketones (excluding diaryl/α,β-unsaturated/α-hetero) is 1. The predicted octanol–water partition coefficient (Wildman–Crippen LogP) is 7.12. The van der Waals surface area contributed by atoms with Crippen LogP contribution in [0.5, 0.6) is 5.75 Å². The first-order chi connectivity index (χ1) is 18.1. The highest BCUT2D eigenvalue weighted by Gasteiger charge is 2.20. The highest BCUT2D eigenvalue weighted by atomic mass is 32.2. The van der Waals surface area contributed by atoms with Gasteiger partial charge in [0.2, 0.25) is 0 Å². The zero-order chi connectivity index (χ0) is 25.6. The van der Waals surface area contributed by atoms with Gasteiger partial charge in [-0.25, -0.2) is 4.39 Å². The number of thioether (sulfide) groups is 1. The second kappa shape index (κ2) is 11.7. The molecule has 190 valence electrons. The number of rotatable bonds is 12. The topological polar surface area (TPSA) is 57.0 Å². The van der Waals surface area contributed by atoms with Gasteiger partial charge in [0.05, 0.1) is 5.75 Å². The molecule has 0 N–H and O–H groups in total. The van der Waals surface area contributed by atoms with Crippen molar-refractivity contribution >= 4 is 17.5 Å². The van der Waals surface area contributed by atoms with Crippen molar-refractivity contribution in [3.63, 3.8) is 0 Å². The number of para-hydroxylation sites is 1. The molecule has 37 heavy (non-hydrogen) atoms. The largest absolute Gasteiger partial charge is 0.483 e. The molecule has 0 spiro atoms. The van der Waals surface area contributed by atoms with Gasteiger partial charge in [0.25, 0.3) is 0 Å². The molecule has 1 aliphatic carbocycles. The van der Waals surface area contributed by atoms with Crippen LogP contribution in [0.15, 0.2) is 71.9 Å². The van der Waals surface area contributed by atoms with Gasteiger partial charge in [-0.3, -0.25) is 4.79 Å². The first-order valence-corrected chi connectivity index (χ1v) is 13.8. The van der Waals surface area contributed by atoms with E-state index in [0.29, 0.717) is 16.5 Å². The molecule has 0 amide bonds. The first-order valence-electron chi connectivity index (χ1n) is 12.8. The fraction of sp³-hybridized carbons (Fsp3) is 0.300. The third-order valence-corrected chi connectivity index (χ3v) is 7.64. The summed E-state index contributed by atoms with van der Waals surface area (Å²) in [6.07, 6.45) is 5.29. The van der Waals surface area contributed by atoms with Crippen molar-refractivity contribution in [3.05, 3.63) is 95.1 Å². The second-order valence-corrected chi connectivity index (χ2v) is 10.2. The average Bonchev–Trinajstić information content (AvgIpc) is 3.49. The molecule has 7 heteroatoms. The number of ether oxygens (including phenoxy) is 1. The maximum absolute atomic E-state index is 14.0. The lowest BCUT2D eigenvalue weighted by Gasteiger charge is -2.11. The number of unbranched alkanes of at least 4 members (excludes halogenated alkanes) is 3. The zero-order valence-corrected chi connectivity index (χ0v) is 21.8. The van der Waals surface area contributed by atoms with Crippen LogP contribution in [0, 0.1) is 5.82 Å². The summed E-state index contributed by atoms with van der Waals surface area (Å²) in [7, 11) is 0. The van der Waals surface area contributed by atoms with Crippen molar-refractivity contribution in [1.29, 1.82) is 0 Å². The van der Waals surface area contributed by atoms with Crippen molar-refractivity contribution < 1.29 is 13.9 Å². The molecule has 1 heterocycles. The molecule has 1 aromatic heterocycles. The van der Waals surface area contributed by atoms with Crippen molar-refractivity contribution in [1.82, 2.24) is 14.8 Å². The van der Waals surface area contributed by atoms with Gasteiger partial charge in [-0.2, -0.15) is 0 Å². The number of hydrogen-bond donors (Lipinski definition) is 0. The molecular formula is C30H30FN3O2S. The van der Waals surface area contributed by atoms with Crippen molar-refractivity contribution in [2.75, 3.05) is 5.75 Å². The van der Waals surface area contributed by atoms with E-state index in [9.17, 15) is 9.18 Å². The van der Waals surface area contributed by atoms with E-state index in [1.54, 1.807) is 18.2 Å². The lowest BCUT2D eigenvalue weighted by molar-refractivity contribution is 0.102. The zero-order valence-electron chi connectivity index (χ0n) is 21.0. The minimum absolute atomic E-state index is 0.0573. The lowest BCUT2D eigenvalue weighted by Crippen LogP contribution is -2.10. The SMILES string of the molecule is CCCCCCn1c(COc2ccccc2F)nnc1SCC(=O)c1ccc2c(c1)-c1ccccc1C2. The molecule has 5 nitrogen and oxygen atoms in total. The number of nitrogens with zero attached hydrogens (tertiary/aromatic N) is 3. The summed E-state index contributed by atoms with van der Waals surface area (Å²) < 4.78 is 21.7. The Morgan fingerprint density at radius 3 is 2.65 bits per heavy atom. The summed E-state index contributed by atoms with van der Waals surface area (Å²) in [6, 6.07) is 20.7. The molecule has 3 aromatic carbocycles. The van der Waals surface area contributed by atoms with E-state index in [1.165, 1.54) is 34.5 Å². The number of ketones is 1. The van der Waals surface area contributed by atoms with E-state index in [1.807, 2.05) is 22.8 Å². The number of hydrogen-bond acceptors (Lipinski definition) is 5. The third kappa shape index (κ3) is 5.77. The van der Waals surface area contributed by atoms with Crippen LogP contribution in [0.2, 0.25) is 0 Å². The third-order valence-electron chi connectivity index (χ3n) is 6.67. The van der Waals surface area contributed by atoms with E-state index in [-0.39, 0.29) is 23.9 Å². The van der Waals surface area contributed by atoms with Crippen LogP contribution in [0.3, 0.4) is 0 Å². The normalized spacial score (nSPS) is 11.8. The summed E-state index contributed by atoms with van der Waals surface area (Å²) >= 11 is 1.39. The molecule has 0 saturated carbocycles. The number of carbonyl (C=O) groups is 1. The maximum Gasteiger partial charge on any atom is 0.191 e. The van der Waals surface area contributed by atoms with Crippen molar-refractivity contribution in [2.24, 2.45) is 0 Å². The van der Waals surface area contributed by atoms with Gasteiger partial charge in [-0.1, -0.05) is 86.5 Å². The summed E-state index contributed by atoms with van der Waals surface area (Å²) in [5.74, 6) is 0.729. The Kier molecular flexibility index (Phi) is 7.99. The molecule has 0 unspecified atom stereocenters. The Morgan fingerprint density at radius 1 is 0.973 bits per heavy atom. The van der Waals surface area contributed by atoms with Gasteiger partial charge in [-0.15, -0.1) is 10.2 Å². The van der Waals surface area contributed by atoms with Crippen LogP contribution in [0.4, 0.5) is 4.39 Å². The molecule has 0 saturated heterocycles. The molecule has 0 fully saturated rings. The highest BCUT2D eigenvalue weighted by Crippen LogP contribution is 2.37. The summed E-state index contributed by atoms with van der Waals surface area (Å²) in [4.78, 5) is 13.2. The standard InChI is InChI=1S/C30H30FN3O2S/c1-2-3-4-9-16-34-29(19-36-28-13-8-7-12-26(28)31)32-33-30(34)37-20-27(35)23-15-14-22-17-21-10-5-6-11-24(21)25(22)18-23/h5-8,10-15,18H,2-4,9,16-17,19-20H2,1H3. The van der Waals surface area contributed by atoms with Crippen LogP contribution in [0.1, 0.15) is 59.9 Å². The van der Waals surface area contributed by atoms with Crippen LogP contribution >= 0.6 is 11.8 Å². The molecule has 0 radical (unpaired) electrons. The van der Waals surface area contributed by atoms with Crippen LogP contribution in [-0.2, 0) is 19.6 Å². The fourth-order valence-corrected chi connectivity index (χ4v) is 5.55. The Balaban J connectivity index is 1.28. The summed E-state index contributed by atoms with van der Waals surface area (Å²) in [5.41, 5.74) is 5.64. The smallest absolute Gasteiger partial charge is 0.191 e. The molecule has 0 aliphatic heterocycles. The van der Waals surface area contributed by atoms with Gasteiger partial charge in [0.1, 0.15) is 6.61 Å². The molecule has 4 aromatic rings. The van der Waals surface area contributed by atoms with Crippen LogP contribution in [0.25, 0.3) is 11.1 Å². The number of aromatic nitrogens is 3. The molecular weight excluding hydrogens is 485 g/mol. The summed E-state index contributed by atoms with van der Waals surface area (Å²) in [5, 5.41) is 9.35. The maximum atomic E-state index is 14.0. The van der Waals surface area contributed by atoms with Crippen LogP contribution in [-0.4, -0.2) is 26.3 Å². The van der Waals surface area contributed by atoms with E-state index in [2.05, 4.69) is 41.4 Å². The second-order valence-electron chi connectivity index (χ2n) is 9.25. The first kappa shape index (κ1) is 25.2. The minimum atomic E-state index is -0.409. The fourth-order valence-electron chi connectivity index (χ4n) is 4.67. The Bertz CT molecular complexity index is 1400. The van der Waals surface area contributed by atoms with Crippen molar-refractivity contribution in [2.45, 2.75) is 57.3 Å². The van der Waals surface area contributed by atoms with Gasteiger partial charge < -0.3 is 9.30 Å². The van der Waals surface area contributed by atoms with E-state index < -0.39 is 5.82 Å². The monoisotopic (exact) mass is 515 g/mol. The lowest BCUT2D eigenvalue weighted by atomic mass is 10.0. The highest BCUT2D eigenvalue weighted by molar-refractivity contribution is 7.99. The van der Waals surface area contributed by atoms with Gasteiger partial charge >= 0.3 is 0 Å². The summed E-state index contributed by atoms with van der Waals surface area (Å²) in [6.45, 7) is 3.02. The number of carbonyl (C=O) groups excluding carboxylic acids is 1. The van der Waals surface area contributed by atoms with E-state index in [4.69, 9.17) is 4.74 Å². The minimum Gasteiger partial charge on any atom is -0.483 e. The van der Waals surface area contributed by atoms with Crippen LogP contribution < -0.4 is 4.74 Å². The Hall–Kier alpha value is -3.45. The van der Waals surface area contributed by atoms with Gasteiger partial charge in [-0.05, 0) is 53.3 Å². The molecule has 1 aliphatic rings. The molecule has 5 rings (SSSR count). The van der Waals surface area contributed by atoms with Gasteiger partial charge in [0.15, 0.2) is 28.3 Å². The predicted molar refractivity (Wildman–Crippen MR) is 145 cm³/mol. The Labute approximate surface area is 221 Å². The van der Waals surface area contributed by atoms with E-state index >= 15 is 0 Å². The molecule has 0 atom stereocenters. The molecule has 0 bridgehead atoms. The number of benzene rings is 3. The number of halogens is 1.